The van der Waals surface area contributed by atoms with Gasteiger partial charge in [-0.15, -0.1) is 0 Å². The van der Waals surface area contributed by atoms with Crippen molar-refractivity contribution in [1.82, 2.24) is 4.90 Å². The molecule has 0 aromatic carbocycles. The summed E-state index contributed by atoms with van der Waals surface area (Å²) in [7, 11) is 0. The van der Waals surface area contributed by atoms with Gasteiger partial charge in [0.05, 0.1) is 0 Å². The summed E-state index contributed by atoms with van der Waals surface area (Å²) >= 11 is 0. The normalized spacial score (nSPS) is 28.6. The van der Waals surface area contributed by atoms with E-state index in [-0.39, 0.29) is 0 Å². The van der Waals surface area contributed by atoms with Gasteiger partial charge < -0.3 is 4.90 Å². The van der Waals surface area contributed by atoms with Gasteiger partial charge in [-0.2, -0.15) is 0 Å². The van der Waals surface area contributed by atoms with Crippen LogP contribution in [0.5, 0.6) is 0 Å². The van der Waals surface area contributed by atoms with Crippen molar-refractivity contribution in [2.45, 2.75) is 32.6 Å². The van der Waals surface area contributed by atoms with Crippen molar-refractivity contribution in [3.8, 4) is 0 Å². The van der Waals surface area contributed by atoms with E-state index in [1.165, 1.54) is 44.6 Å². The largest absolute Gasteiger partial charge is 0.360 e. The Morgan fingerprint density at radius 2 is 2.42 bits per heavy atom. The highest BCUT2D eigenvalue weighted by Crippen LogP contribution is 2.25. The predicted molar refractivity (Wildman–Crippen MR) is 51.5 cm³/mol. The van der Waals surface area contributed by atoms with Gasteiger partial charge in [0.25, 0.3) is 0 Å². The average Bonchev–Trinajstić information content (AvgIpc) is 2.50. The molecule has 68 valence electrons. The fourth-order valence-corrected chi connectivity index (χ4v) is 2.35. The lowest BCUT2D eigenvalue weighted by Crippen LogP contribution is -2.32. The van der Waals surface area contributed by atoms with Crippen molar-refractivity contribution < 1.29 is 0 Å². The second kappa shape index (κ2) is 3.46. The zero-order valence-electron chi connectivity index (χ0n) is 7.92. The maximum Gasteiger partial charge on any atom is 0.102 e. The van der Waals surface area contributed by atoms with Gasteiger partial charge in [0, 0.05) is 25.6 Å². The van der Waals surface area contributed by atoms with E-state index >= 15 is 0 Å². The maximum atomic E-state index is 4.63. The molecular weight excluding hydrogens is 148 g/mol. The van der Waals surface area contributed by atoms with E-state index in [1.54, 1.807) is 0 Å². The van der Waals surface area contributed by atoms with Crippen LogP contribution in [0.15, 0.2) is 4.99 Å². The van der Waals surface area contributed by atoms with Gasteiger partial charge in [-0.3, -0.25) is 4.99 Å². The minimum atomic E-state index is 0.801. The molecule has 0 aromatic heterocycles. The fourth-order valence-electron chi connectivity index (χ4n) is 2.35. The maximum absolute atomic E-state index is 4.63. The summed E-state index contributed by atoms with van der Waals surface area (Å²) < 4.78 is 0. The monoisotopic (exact) mass is 166 g/mol. The highest BCUT2D eigenvalue weighted by Gasteiger charge is 2.29. The minimum Gasteiger partial charge on any atom is -0.360 e. The zero-order valence-corrected chi connectivity index (χ0v) is 7.92. The third-order valence-corrected chi connectivity index (χ3v) is 2.93. The second-order valence-corrected chi connectivity index (χ2v) is 3.85. The molecule has 0 aromatic rings. The van der Waals surface area contributed by atoms with Gasteiger partial charge in [-0.05, 0) is 19.3 Å². The fraction of sp³-hybridized carbons (Fsp3) is 0.900. The Morgan fingerprint density at radius 3 is 3.25 bits per heavy atom. The van der Waals surface area contributed by atoms with Crippen LogP contribution in [0.1, 0.15) is 32.6 Å². The van der Waals surface area contributed by atoms with Crippen LogP contribution in [0.25, 0.3) is 0 Å². The highest BCUT2D eigenvalue weighted by atomic mass is 15.2. The third kappa shape index (κ3) is 1.35. The van der Waals surface area contributed by atoms with Gasteiger partial charge in [-0.1, -0.05) is 13.3 Å². The number of aliphatic imine (C=N–C) groups is 1. The SMILES string of the molecule is CCCC1CCN2CCCN=C12. The molecule has 0 N–H and O–H groups in total. The number of nitrogens with zero attached hydrogens (tertiary/aromatic N) is 2. The number of rotatable bonds is 2. The Hall–Kier alpha value is -0.530. The Morgan fingerprint density at radius 1 is 1.50 bits per heavy atom. The smallest absolute Gasteiger partial charge is 0.102 e. The first kappa shape index (κ1) is 8.09. The number of fused-ring (bicyclic) bond motifs is 1. The van der Waals surface area contributed by atoms with E-state index in [1.807, 2.05) is 0 Å². The van der Waals surface area contributed by atoms with E-state index in [0.29, 0.717) is 0 Å². The van der Waals surface area contributed by atoms with Gasteiger partial charge in [0.1, 0.15) is 5.84 Å². The molecule has 0 spiro atoms. The summed E-state index contributed by atoms with van der Waals surface area (Å²) in [6, 6.07) is 0. The summed E-state index contributed by atoms with van der Waals surface area (Å²) in [5, 5.41) is 0. The summed E-state index contributed by atoms with van der Waals surface area (Å²) in [6.45, 7) is 5.88. The van der Waals surface area contributed by atoms with Crippen LogP contribution in [0.2, 0.25) is 0 Å². The molecule has 0 bridgehead atoms. The first-order valence-corrected chi connectivity index (χ1v) is 5.21. The van der Waals surface area contributed by atoms with Crippen molar-refractivity contribution in [3.05, 3.63) is 0 Å². The number of amidine groups is 1. The molecule has 0 saturated carbocycles. The lowest BCUT2D eigenvalue weighted by Gasteiger charge is -2.24. The molecule has 2 aliphatic rings. The predicted octanol–water partition coefficient (Wildman–Crippen LogP) is 1.91. The van der Waals surface area contributed by atoms with Gasteiger partial charge >= 0.3 is 0 Å². The Kier molecular flexibility index (Phi) is 2.33. The topological polar surface area (TPSA) is 15.6 Å². The van der Waals surface area contributed by atoms with E-state index < -0.39 is 0 Å². The van der Waals surface area contributed by atoms with Gasteiger partial charge in [0.15, 0.2) is 0 Å². The lowest BCUT2D eigenvalue weighted by atomic mass is 10.0. The van der Waals surface area contributed by atoms with Crippen molar-refractivity contribution in [2.24, 2.45) is 10.9 Å². The van der Waals surface area contributed by atoms with Crippen LogP contribution in [0.4, 0.5) is 0 Å². The minimum absolute atomic E-state index is 0.801. The van der Waals surface area contributed by atoms with Gasteiger partial charge in [0.2, 0.25) is 0 Å². The molecule has 2 rings (SSSR count). The van der Waals surface area contributed by atoms with Crippen LogP contribution in [0.3, 0.4) is 0 Å². The molecule has 1 atom stereocenters. The number of hydrogen-bond acceptors (Lipinski definition) is 2. The van der Waals surface area contributed by atoms with E-state index in [9.17, 15) is 0 Å². The molecule has 1 saturated heterocycles. The Bertz CT molecular complexity index is 186. The zero-order chi connectivity index (χ0) is 8.39. The van der Waals surface area contributed by atoms with Gasteiger partial charge in [-0.25, -0.2) is 0 Å². The van der Waals surface area contributed by atoms with Crippen LogP contribution >= 0.6 is 0 Å². The Labute approximate surface area is 74.7 Å². The number of hydrogen-bond donors (Lipinski definition) is 0. The molecule has 0 aliphatic carbocycles. The molecule has 1 fully saturated rings. The van der Waals surface area contributed by atoms with E-state index in [0.717, 1.165) is 12.5 Å². The first-order chi connectivity index (χ1) is 5.92. The molecule has 12 heavy (non-hydrogen) atoms. The van der Waals surface area contributed by atoms with E-state index in [2.05, 4.69) is 16.8 Å². The summed E-state index contributed by atoms with van der Waals surface area (Å²) in [4.78, 5) is 7.12. The summed E-state index contributed by atoms with van der Waals surface area (Å²) in [5.74, 6) is 2.23. The molecule has 2 heteroatoms. The first-order valence-electron chi connectivity index (χ1n) is 5.21. The van der Waals surface area contributed by atoms with Crippen LogP contribution < -0.4 is 0 Å². The molecule has 0 radical (unpaired) electrons. The summed E-state index contributed by atoms with van der Waals surface area (Å²) in [5.41, 5.74) is 0. The molecular formula is C10H18N2. The van der Waals surface area contributed by atoms with Crippen molar-refractivity contribution in [1.29, 1.82) is 0 Å². The van der Waals surface area contributed by atoms with Crippen LogP contribution in [-0.4, -0.2) is 30.4 Å². The molecule has 2 aliphatic heterocycles. The average molecular weight is 166 g/mol. The molecule has 2 nitrogen and oxygen atoms in total. The summed E-state index contributed by atoms with van der Waals surface area (Å²) in [6.07, 6.45) is 5.27. The van der Waals surface area contributed by atoms with E-state index in [4.69, 9.17) is 0 Å². The van der Waals surface area contributed by atoms with Crippen molar-refractivity contribution in [3.63, 3.8) is 0 Å². The lowest BCUT2D eigenvalue weighted by molar-refractivity contribution is 0.427. The van der Waals surface area contributed by atoms with Crippen LogP contribution in [-0.2, 0) is 0 Å². The highest BCUT2D eigenvalue weighted by molar-refractivity contribution is 5.86. The molecule has 0 amide bonds. The second-order valence-electron chi connectivity index (χ2n) is 3.85. The molecule has 2 heterocycles. The third-order valence-electron chi connectivity index (χ3n) is 2.93. The van der Waals surface area contributed by atoms with Crippen molar-refractivity contribution >= 4 is 5.84 Å². The quantitative estimate of drug-likeness (QED) is 0.612. The van der Waals surface area contributed by atoms with Crippen molar-refractivity contribution in [2.75, 3.05) is 19.6 Å². The standard InChI is InChI=1S/C10H18N2/c1-2-4-9-5-8-12-7-3-6-11-10(9)12/h9H,2-8H2,1H3. The van der Waals surface area contributed by atoms with Crippen LogP contribution in [0, 0.1) is 5.92 Å². The Balaban J connectivity index is 2.04. The molecule has 1 unspecified atom stereocenters.